The van der Waals surface area contributed by atoms with Crippen molar-refractivity contribution in [1.29, 1.82) is 0 Å². The number of hydrogen-bond acceptors (Lipinski definition) is 2. The Hall–Kier alpha value is -1.38. The lowest BCUT2D eigenvalue weighted by atomic mass is 10.5. The van der Waals surface area contributed by atoms with Crippen LogP contribution in [0, 0.1) is 0 Å². The van der Waals surface area contributed by atoms with Crippen LogP contribution in [-0.4, -0.2) is 9.78 Å². The second kappa shape index (κ2) is 2.96. The third-order valence-corrected chi connectivity index (χ3v) is 1.09. The summed E-state index contributed by atoms with van der Waals surface area (Å²) >= 11 is 0. The highest BCUT2D eigenvalue weighted by atomic mass is 16.1. The molecule has 0 saturated carbocycles. The van der Waals surface area contributed by atoms with Crippen molar-refractivity contribution in [3.8, 4) is 0 Å². The van der Waals surface area contributed by atoms with Gasteiger partial charge in [-0.25, -0.2) is 4.68 Å². The predicted molar refractivity (Wildman–Crippen MR) is 38.7 cm³/mol. The molecule has 3 heteroatoms. The standard InChI is InChI=1S/C7H8N2O/c1-2-6-9-7(10)4-3-5-8-9/h2-5H,1,6H2. The van der Waals surface area contributed by atoms with Gasteiger partial charge in [0.05, 0.1) is 6.54 Å². The Morgan fingerprint density at radius 3 is 3.20 bits per heavy atom. The van der Waals surface area contributed by atoms with Crippen molar-refractivity contribution in [2.45, 2.75) is 6.54 Å². The third-order valence-electron chi connectivity index (χ3n) is 1.09. The van der Waals surface area contributed by atoms with Gasteiger partial charge in [-0.05, 0) is 6.07 Å². The minimum absolute atomic E-state index is 0.0950. The van der Waals surface area contributed by atoms with Gasteiger partial charge in [0.15, 0.2) is 0 Å². The van der Waals surface area contributed by atoms with E-state index in [1.54, 1.807) is 18.3 Å². The Bertz CT molecular complexity index is 277. The summed E-state index contributed by atoms with van der Waals surface area (Å²) in [6.45, 7) is 3.97. The molecule has 0 atom stereocenters. The minimum Gasteiger partial charge on any atom is -0.268 e. The highest BCUT2D eigenvalue weighted by Crippen LogP contribution is 1.75. The molecule has 0 fully saturated rings. The molecule has 0 aliphatic heterocycles. The van der Waals surface area contributed by atoms with Crippen LogP contribution in [0.1, 0.15) is 0 Å². The molecule has 52 valence electrons. The molecule has 0 N–H and O–H groups in total. The Labute approximate surface area is 58.6 Å². The maximum Gasteiger partial charge on any atom is 0.267 e. The molecule has 0 spiro atoms. The van der Waals surface area contributed by atoms with E-state index in [1.165, 1.54) is 10.7 Å². The van der Waals surface area contributed by atoms with Gasteiger partial charge in [-0.2, -0.15) is 5.10 Å². The third kappa shape index (κ3) is 1.31. The molecular formula is C7H8N2O. The maximum absolute atomic E-state index is 10.9. The van der Waals surface area contributed by atoms with Gasteiger partial charge in [-0.15, -0.1) is 6.58 Å². The molecule has 3 nitrogen and oxygen atoms in total. The molecule has 0 amide bonds. The Kier molecular flexibility index (Phi) is 1.99. The van der Waals surface area contributed by atoms with Crippen molar-refractivity contribution in [1.82, 2.24) is 9.78 Å². The number of aromatic nitrogens is 2. The second-order valence-electron chi connectivity index (χ2n) is 1.83. The summed E-state index contributed by atoms with van der Waals surface area (Å²) in [4.78, 5) is 10.9. The lowest BCUT2D eigenvalue weighted by Gasteiger charge is -1.95. The highest BCUT2D eigenvalue weighted by molar-refractivity contribution is 4.85. The molecule has 0 aliphatic carbocycles. The molecule has 1 aromatic heterocycles. The van der Waals surface area contributed by atoms with Crippen LogP contribution >= 0.6 is 0 Å². The first kappa shape index (κ1) is 6.74. The summed E-state index contributed by atoms with van der Waals surface area (Å²) in [5.41, 5.74) is -0.0950. The van der Waals surface area contributed by atoms with Crippen LogP contribution in [-0.2, 0) is 6.54 Å². The SMILES string of the molecule is C=CCn1ncccc1=O. The summed E-state index contributed by atoms with van der Waals surface area (Å²) in [5, 5.41) is 3.80. The smallest absolute Gasteiger partial charge is 0.267 e. The van der Waals surface area contributed by atoms with E-state index in [4.69, 9.17) is 0 Å². The molecular weight excluding hydrogens is 128 g/mol. The van der Waals surface area contributed by atoms with E-state index < -0.39 is 0 Å². The van der Waals surface area contributed by atoms with E-state index in [2.05, 4.69) is 11.7 Å². The largest absolute Gasteiger partial charge is 0.268 e. The highest BCUT2D eigenvalue weighted by Gasteiger charge is 1.88. The molecule has 0 radical (unpaired) electrons. The van der Waals surface area contributed by atoms with Crippen molar-refractivity contribution < 1.29 is 0 Å². The summed E-state index contributed by atoms with van der Waals surface area (Å²) in [7, 11) is 0. The van der Waals surface area contributed by atoms with Gasteiger partial charge in [-0.3, -0.25) is 4.79 Å². The fraction of sp³-hybridized carbons (Fsp3) is 0.143. The van der Waals surface area contributed by atoms with Gasteiger partial charge >= 0.3 is 0 Å². The maximum atomic E-state index is 10.9. The lowest BCUT2D eigenvalue weighted by molar-refractivity contribution is 0.652. The lowest BCUT2D eigenvalue weighted by Crippen LogP contribution is -2.19. The zero-order chi connectivity index (χ0) is 7.40. The van der Waals surface area contributed by atoms with Gasteiger partial charge < -0.3 is 0 Å². The van der Waals surface area contributed by atoms with E-state index in [1.807, 2.05) is 0 Å². The molecule has 0 aliphatic rings. The summed E-state index contributed by atoms with van der Waals surface area (Å²) < 4.78 is 1.34. The van der Waals surface area contributed by atoms with Gasteiger partial charge in [-0.1, -0.05) is 6.08 Å². The van der Waals surface area contributed by atoms with E-state index in [0.29, 0.717) is 6.54 Å². The number of rotatable bonds is 2. The Balaban J connectivity index is 3.03. The van der Waals surface area contributed by atoms with Crippen LogP contribution in [0.4, 0.5) is 0 Å². The molecule has 1 heterocycles. The number of nitrogens with zero attached hydrogens (tertiary/aromatic N) is 2. The fourth-order valence-electron chi connectivity index (χ4n) is 0.647. The van der Waals surface area contributed by atoms with Gasteiger partial charge in [0.1, 0.15) is 0 Å². The topological polar surface area (TPSA) is 34.9 Å². The van der Waals surface area contributed by atoms with Crippen LogP contribution in [0.15, 0.2) is 35.8 Å². The zero-order valence-electron chi connectivity index (χ0n) is 5.53. The van der Waals surface area contributed by atoms with E-state index >= 15 is 0 Å². The molecule has 0 unspecified atom stereocenters. The van der Waals surface area contributed by atoms with Crippen LogP contribution in [0.5, 0.6) is 0 Å². The molecule has 10 heavy (non-hydrogen) atoms. The number of hydrogen-bond donors (Lipinski definition) is 0. The van der Waals surface area contributed by atoms with Crippen molar-refractivity contribution in [3.05, 3.63) is 41.3 Å². The Morgan fingerprint density at radius 1 is 1.80 bits per heavy atom. The molecule has 0 bridgehead atoms. The van der Waals surface area contributed by atoms with Crippen LogP contribution < -0.4 is 5.56 Å². The predicted octanol–water partition coefficient (Wildman–Crippen LogP) is 0.429. The fourth-order valence-corrected chi connectivity index (χ4v) is 0.647. The van der Waals surface area contributed by atoms with Crippen LogP contribution in [0.3, 0.4) is 0 Å². The zero-order valence-corrected chi connectivity index (χ0v) is 5.53. The van der Waals surface area contributed by atoms with Crippen LogP contribution in [0.2, 0.25) is 0 Å². The monoisotopic (exact) mass is 136 g/mol. The van der Waals surface area contributed by atoms with Crippen LogP contribution in [0.25, 0.3) is 0 Å². The molecule has 0 aromatic carbocycles. The first-order valence-electron chi connectivity index (χ1n) is 2.97. The van der Waals surface area contributed by atoms with Gasteiger partial charge in [0, 0.05) is 12.3 Å². The molecule has 1 rings (SSSR count). The number of allylic oxidation sites excluding steroid dienone is 1. The quantitative estimate of drug-likeness (QED) is 0.552. The van der Waals surface area contributed by atoms with E-state index in [-0.39, 0.29) is 5.56 Å². The van der Waals surface area contributed by atoms with E-state index in [9.17, 15) is 4.79 Å². The summed E-state index contributed by atoms with van der Waals surface area (Å²) in [5.74, 6) is 0. The second-order valence-corrected chi connectivity index (χ2v) is 1.83. The van der Waals surface area contributed by atoms with Crippen molar-refractivity contribution in [2.75, 3.05) is 0 Å². The summed E-state index contributed by atoms with van der Waals surface area (Å²) in [6, 6.07) is 3.08. The summed E-state index contributed by atoms with van der Waals surface area (Å²) in [6.07, 6.45) is 3.21. The molecule has 1 aromatic rings. The average Bonchev–Trinajstić information content (AvgIpc) is 1.94. The van der Waals surface area contributed by atoms with Crippen molar-refractivity contribution in [2.24, 2.45) is 0 Å². The average molecular weight is 136 g/mol. The molecule has 0 saturated heterocycles. The van der Waals surface area contributed by atoms with Crippen molar-refractivity contribution in [3.63, 3.8) is 0 Å². The van der Waals surface area contributed by atoms with Gasteiger partial charge in [0.2, 0.25) is 0 Å². The first-order chi connectivity index (χ1) is 4.84. The van der Waals surface area contributed by atoms with E-state index in [0.717, 1.165) is 0 Å². The van der Waals surface area contributed by atoms with Crippen molar-refractivity contribution >= 4 is 0 Å². The first-order valence-corrected chi connectivity index (χ1v) is 2.97. The van der Waals surface area contributed by atoms with Gasteiger partial charge in [0.25, 0.3) is 5.56 Å². The minimum atomic E-state index is -0.0950. The normalized spacial score (nSPS) is 9.20. The Morgan fingerprint density at radius 2 is 2.60 bits per heavy atom.